The first-order valence-electron chi connectivity index (χ1n) is 5.51. The molecule has 0 atom stereocenters. The molecule has 2 rings (SSSR count). The number of halogens is 2. The number of benzene rings is 1. The monoisotopic (exact) mass is 298 g/mol. The molecule has 0 N–H and O–H groups in total. The molecule has 21 heavy (non-hydrogen) atoms. The van der Waals surface area contributed by atoms with Gasteiger partial charge >= 0.3 is 11.7 Å². The molecule has 0 fully saturated rings. The SMILES string of the molecule is COC(=O)c1nnn(-c2cc(F)c([N+](=O)[O-])cc2F)c1C. The first kappa shape index (κ1) is 14.5. The van der Waals surface area contributed by atoms with Crippen molar-refractivity contribution < 1.29 is 23.2 Å². The van der Waals surface area contributed by atoms with Gasteiger partial charge in [0, 0.05) is 6.07 Å². The lowest BCUT2D eigenvalue weighted by atomic mass is 10.2. The van der Waals surface area contributed by atoms with E-state index in [0.29, 0.717) is 12.1 Å². The van der Waals surface area contributed by atoms with Crippen molar-refractivity contribution in [3.05, 3.63) is 45.3 Å². The standard InChI is InChI=1S/C11H8F2N4O4/c1-5-10(11(18)21-2)14-15-16(5)8-3-7(13)9(17(19)20)4-6(8)12/h3-4H,1-2H3. The molecule has 0 aliphatic rings. The predicted molar refractivity (Wildman–Crippen MR) is 64.0 cm³/mol. The highest BCUT2D eigenvalue weighted by Crippen LogP contribution is 2.24. The third kappa shape index (κ3) is 2.42. The number of hydrogen-bond acceptors (Lipinski definition) is 6. The van der Waals surface area contributed by atoms with Gasteiger partial charge in [-0.05, 0) is 6.92 Å². The van der Waals surface area contributed by atoms with Crippen molar-refractivity contribution in [3.8, 4) is 5.69 Å². The molecule has 0 radical (unpaired) electrons. The lowest BCUT2D eigenvalue weighted by Gasteiger charge is -2.05. The number of esters is 1. The van der Waals surface area contributed by atoms with Crippen molar-refractivity contribution in [2.45, 2.75) is 6.92 Å². The Balaban J connectivity index is 2.58. The minimum absolute atomic E-state index is 0.106. The second kappa shape index (κ2) is 5.23. The molecule has 0 unspecified atom stereocenters. The van der Waals surface area contributed by atoms with Crippen LogP contribution in [0.25, 0.3) is 5.69 Å². The molecule has 0 bridgehead atoms. The van der Waals surface area contributed by atoms with Crippen molar-refractivity contribution in [1.29, 1.82) is 0 Å². The van der Waals surface area contributed by atoms with Gasteiger partial charge in [-0.1, -0.05) is 5.21 Å². The van der Waals surface area contributed by atoms with Gasteiger partial charge < -0.3 is 4.74 Å². The molecule has 0 saturated heterocycles. The highest BCUT2D eigenvalue weighted by atomic mass is 19.1. The van der Waals surface area contributed by atoms with Gasteiger partial charge in [0.25, 0.3) is 0 Å². The Kier molecular flexibility index (Phi) is 3.61. The first-order chi connectivity index (χ1) is 9.86. The van der Waals surface area contributed by atoms with Crippen molar-refractivity contribution >= 4 is 11.7 Å². The first-order valence-corrected chi connectivity index (χ1v) is 5.51. The van der Waals surface area contributed by atoms with Gasteiger partial charge in [0.2, 0.25) is 5.82 Å². The van der Waals surface area contributed by atoms with E-state index in [1.165, 1.54) is 6.92 Å². The minimum Gasteiger partial charge on any atom is -0.464 e. The number of carbonyl (C=O) groups excluding carboxylic acids is 1. The quantitative estimate of drug-likeness (QED) is 0.484. The number of hydrogen-bond donors (Lipinski definition) is 0. The third-order valence-electron chi connectivity index (χ3n) is 2.71. The highest BCUT2D eigenvalue weighted by Gasteiger charge is 2.23. The average molecular weight is 298 g/mol. The van der Waals surface area contributed by atoms with Crippen LogP contribution in [0.1, 0.15) is 16.2 Å². The molecule has 10 heteroatoms. The van der Waals surface area contributed by atoms with Crippen LogP contribution in [0, 0.1) is 28.7 Å². The summed E-state index contributed by atoms with van der Waals surface area (Å²) < 4.78 is 32.8. The van der Waals surface area contributed by atoms with E-state index < -0.39 is 33.9 Å². The summed E-state index contributed by atoms with van der Waals surface area (Å²) in [6.07, 6.45) is 0. The fourth-order valence-corrected chi connectivity index (χ4v) is 1.67. The number of nitrogens with zero attached hydrogens (tertiary/aromatic N) is 4. The summed E-state index contributed by atoms with van der Waals surface area (Å²) in [5.74, 6) is -3.10. The Morgan fingerprint density at radius 2 is 2.05 bits per heavy atom. The predicted octanol–water partition coefficient (Wildman–Crippen LogP) is 1.55. The number of rotatable bonds is 3. The molecule has 0 saturated carbocycles. The van der Waals surface area contributed by atoms with E-state index in [0.717, 1.165) is 11.8 Å². The van der Waals surface area contributed by atoms with Crippen LogP contribution in [0.4, 0.5) is 14.5 Å². The summed E-state index contributed by atoms with van der Waals surface area (Å²) in [7, 11) is 1.13. The summed E-state index contributed by atoms with van der Waals surface area (Å²) in [6.45, 7) is 1.39. The van der Waals surface area contributed by atoms with Gasteiger partial charge in [-0.15, -0.1) is 5.10 Å². The Morgan fingerprint density at radius 1 is 1.38 bits per heavy atom. The van der Waals surface area contributed by atoms with E-state index >= 15 is 0 Å². The Hall–Kier alpha value is -2.91. The second-order valence-electron chi connectivity index (χ2n) is 3.94. The van der Waals surface area contributed by atoms with Gasteiger partial charge in [-0.25, -0.2) is 13.9 Å². The lowest BCUT2D eigenvalue weighted by Crippen LogP contribution is -2.07. The number of methoxy groups -OCH3 is 1. The van der Waals surface area contributed by atoms with Crippen LogP contribution in [0.2, 0.25) is 0 Å². The smallest absolute Gasteiger partial charge is 0.360 e. The Bertz CT molecular complexity index is 744. The maximum atomic E-state index is 13.9. The molecule has 2 aromatic rings. The topological polar surface area (TPSA) is 100 Å². The van der Waals surface area contributed by atoms with Crippen LogP contribution in [0.15, 0.2) is 12.1 Å². The minimum atomic E-state index is -1.23. The fourth-order valence-electron chi connectivity index (χ4n) is 1.67. The van der Waals surface area contributed by atoms with E-state index in [2.05, 4.69) is 15.0 Å². The summed E-state index contributed by atoms with van der Waals surface area (Å²) in [5, 5.41) is 17.6. The molecule has 8 nitrogen and oxygen atoms in total. The molecule has 0 amide bonds. The summed E-state index contributed by atoms with van der Waals surface area (Å²) >= 11 is 0. The second-order valence-corrected chi connectivity index (χ2v) is 3.94. The number of nitro groups is 1. The zero-order chi connectivity index (χ0) is 15.7. The number of aromatic nitrogens is 3. The van der Waals surface area contributed by atoms with Crippen LogP contribution < -0.4 is 0 Å². The molecule has 1 heterocycles. The molecule has 1 aromatic heterocycles. The number of nitro benzene ring substituents is 1. The zero-order valence-electron chi connectivity index (χ0n) is 10.8. The van der Waals surface area contributed by atoms with E-state index in [4.69, 9.17) is 0 Å². The van der Waals surface area contributed by atoms with Gasteiger partial charge in [0.1, 0.15) is 5.69 Å². The van der Waals surface area contributed by atoms with Crippen LogP contribution >= 0.6 is 0 Å². The van der Waals surface area contributed by atoms with Gasteiger partial charge in [-0.2, -0.15) is 4.39 Å². The molecule has 0 aliphatic heterocycles. The van der Waals surface area contributed by atoms with Gasteiger partial charge in [0.05, 0.1) is 23.8 Å². The van der Waals surface area contributed by atoms with E-state index in [9.17, 15) is 23.7 Å². The maximum absolute atomic E-state index is 13.9. The van der Waals surface area contributed by atoms with Crippen LogP contribution in [0.3, 0.4) is 0 Å². The van der Waals surface area contributed by atoms with Crippen LogP contribution in [-0.2, 0) is 4.74 Å². The zero-order valence-corrected chi connectivity index (χ0v) is 10.8. The normalized spacial score (nSPS) is 10.5. The molecule has 0 spiro atoms. The van der Waals surface area contributed by atoms with Crippen molar-refractivity contribution in [3.63, 3.8) is 0 Å². The highest BCUT2D eigenvalue weighted by molar-refractivity contribution is 5.88. The maximum Gasteiger partial charge on any atom is 0.360 e. The van der Waals surface area contributed by atoms with Crippen LogP contribution in [0.5, 0.6) is 0 Å². The fraction of sp³-hybridized carbons (Fsp3) is 0.182. The van der Waals surface area contributed by atoms with E-state index in [1.807, 2.05) is 0 Å². The summed E-state index contributed by atoms with van der Waals surface area (Å²) in [4.78, 5) is 20.9. The third-order valence-corrected chi connectivity index (χ3v) is 2.71. The number of ether oxygens (including phenoxy) is 1. The molecule has 0 aliphatic carbocycles. The van der Waals surface area contributed by atoms with Crippen molar-refractivity contribution in [2.24, 2.45) is 0 Å². The van der Waals surface area contributed by atoms with Gasteiger partial charge in [-0.3, -0.25) is 10.1 Å². The Morgan fingerprint density at radius 3 is 2.62 bits per heavy atom. The summed E-state index contributed by atoms with van der Waals surface area (Å²) in [6, 6.07) is 1.04. The average Bonchev–Trinajstić information content (AvgIpc) is 2.81. The summed E-state index contributed by atoms with van der Waals surface area (Å²) in [5.41, 5.74) is -1.47. The Labute approximate surface area is 116 Å². The molecular weight excluding hydrogens is 290 g/mol. The molecule has 1 aromatic carbocycles. The van der Waals surface area contributed by atoms with Gasteiger partial charge in [0.15, 0.2) is 11.5 Å². The van der Waals surface area contributed by atoms with E-state index in [-0.39, 0.29) is 11.4 Å². The lowest BCUT2D eigenvalue weighted by molar-refractivity contribution is -0.387. The molecular formula is C11H8F2N4O4. The van der Waals surface area contributed by atoms with Crippen molar-refractivity contribution in [2.75, 3.05) is 7.11 Å². The van der Waals surface area contributed by atoms with E-state index in [1.54, 1.807) is 0 Å². The van der Waals surface area contributed by atoms with Crippen molar-refractivity contribution in [1.82, 2.24) is 15.0 Å². The van der Waals surface area contributed by atoms with Crippen LogP contribution in [-0.4, -0.2) is 33.0 Å². The number of carbonyl (C=O) groups is 1. The molecule has 110 valence electrons. The largest absolute Gasteiger partial charge is 0.464 e.